The van der Waals surface area contributed by atoms with Gasteiger partial charge in [0.05, 0.1) is 0 Å². The van der Waals surface area contributed by atoms with E-state index in [9.17, 15) is 5.11 Å². The van der Waals surface area contributed by atoms with Crippen molar-refractivity contribution < 1.29 is 9.52 Å². The highest BCUT2D eigenvalue weighted by Gasteiger charge is 2.23. The summed E-state index contributed by atoms with van der Waals surface area (Å²) in [6, 6.07) is 5.24. The number of phenolic OH excluding ortho intramolecular Hbond substituents is 1. The van der Waals surface area contributed by atoms with Crippen molar-refractivity contribution in [1.82, 2.24) is 0 Å². The van der Waals surface area contributed by atoms with Gasteiger partial charge in [0.25, 0.3) is 0 Å². The maximum Gasteiger partial charge on any atom is 0.199 e. The van der Waals surface area contributed by atoms with E-state index in [1.165, 1.54) is 5.56 Å². The Labute approximate surface area is 81.6 Å². The number of benzene rings is 1. The Kier molecular flexibility index (Phi) is 1.35. The van der Waals surface area contributed by atoms with Crippen LogP contribution in [0.1, 0.15) is 5.56 Å². The molecule has 0 fully saturated rings. The second-order valence-corrected chi connectivity index (χ2v) is 3.74. The van der Waals surface area contributed by atoms with Gasteiger partial charge in [-0.3, -0.25) is 0 Å². The van der Waals surface area contributed by atoms with Crippen molar-refractivity contribution in [3.63, 3.8) is 0 Å². The van der Waals surface area contributed by atoms with Gasteiger partial charge < -0.3 is 14.4 Å². The molecule has 0 atom stereocenters. The summed E-state index contributed by atoms with van der Waals surface area (Å²) in [4.78, 5) is 2.10. The summed E-state index contributed by atoms with van der Waals surface area (Å²) >= 11 is 0. The molecule has 3 heteroatoms. The Hall–Kier alpha value is -1.64. The molecule has 0 saturated carbocycles. The van der Waals surface area contributed by atoms with Crippen molar-refractivity contribution >= 4 is 16.9 Å². The fourth-order valence-corrected chi connectivity index (χ4v) is 2.05. The smallest absolute Gasteiger partial charge is 0.199 e. The molecule has 1 aliphatic heterocycles. The predicted octanol–water partition coefficient (Wildman–Crippen LogP) is 2.13. The van der Waals surface area contributed by atoms with Crippen LogP contribution < -0.4 is 4.90 Å². The average Bonchev–Trinajstić information content (AvgIpc) is 2.67. The Morgan fingerprint density at radius 2 is 2.29 bits per heavy atom. The zero-order valence-corrected chi connectivity index (χ0v) is 7.95. The van der Waals surface area contributed by atoms with Crippen LogP contribution in [0.25, 0.3) is 11.0 Å². The number of hydrogen-bond acceptors (Lipinski definition) is 3. The average molecular weight is 189 g/mol. The standard InChI is InChI=1S/C11H11NO2/c1-12-5-4-8-9-6-7(13)2-3-10(9)14-11(8)12/h2-3,6,13H,4-5H2,1H3. The molecule has 3 nitrogen and oxygen atoms in total. The Morgan fingerprint density at radius 3 is 3.14 bits per heavy atom. The maximum absolute atomic E-state index is 9.39. The molecule has 0 radical (unpaired) electrons. The summed E-state index contributed by atoms with van der Waals surface area (Å²) in [6.07, 6.45) is 1.00. The first-order chi connectivity index (χ1) is 6.75. The van der Waals surface area contributed by atoms with E-state index < -0.39 is 0 Å². The molecule has 14 heavy (non-hydrogen) atoms. The number of nitrogens with zero attached hydrogens (tertiary/aromatic N) is 1. The molecule has 1 N–H and O–H groups in total. The summed E-state index contributed by atoms with van der Waals surface area (Å²) < 4.78 is 5.69. The van der Waals surface area contributed by atoms with Crippen LogP contribution in [0.5, 0.6) is 5.75 Å². The van der Waals surface area contributed by atoms with Crippen LogP contribution >= 0.6 is 0 Å². The molecule has 1 aromatic heterocycles. The Bertz CT molecular complexity index is 501. The van der Waals surface area contributed by atoms with E-state index in [1.807, 2.05) is 13.1 Å². The number of rotatable bonds is 0. The molecule has 72 valence electrons. The fourth-order valence-electron chi connectivity index (χ4n) is 2.05. The van der Waals surface area contributed by atoms with E-state index in [-0.39, 0.29) is 0 Å². The van der Waals surface area contributed by atoms with E-state index >= 15 is 0 Å². The van der Waals surface area contributed by atoms with Gasteiger partial charge in [-0.05, 0) is 24.6 Å². The van der Waals surface area contributed by atoms with Crippen molar-refractivity contribution in [3.8, 4) is 5.75 Å². The lowest BCUT2D eigenvalue weighted by atomic mass is 10.1. The molecule has 0 amide bonds. The van der Waals surface area contributed by atoms with E-state index in [1.54, 1.807) is 12.1 Å². The zero-order valence-electron chi connectivity index (χ0n) is 7.95. The van der Waals surface area contributed by atoms with Crippen LogP contribution in [-0.2, 0) is 6.42 Å². The summed E-state index contributed by atoms with van der Waals surface area (Å²) in [5.74, 6) is 1.25. The van der Waals surface area contributed by atoms with Crippen LogP contribution in [0.2, 0.25) is 0 Å². The van der Waals surface area contributed by atoms with Gasteiger partial charge in [0, 0.05) is 24.5 Å². The minimum Gasteiger partial charge on any atom is -0.508 e. The first-order valence-electron chi connectivity index (χ1n) is 4.71. The number of furan rings is 1. The highest BCUT2D eigenvalue weighted by atomic mass is 16.4. The van der Waals surface area contributed by atoms with Crippen molar-refractivity contribution in [3.05, 3.63) is 23.8 Å². The van der Waals surface area contributed by atoms with Gasteiger partial charge in [0.15, 0.2) is 5.88 Å². The molecular weight excluding hydrogens is 178 g/mol. The lowest BCUT2D eigenvalue weighted by Crippen LogP contribution is -2.12. The summed E-state index contributed by atoms with van der Waals surface area (Å²) in [5.41, 5.74) is 2.08. The molecule has 0 bridgehead atoms. The van der Waals surface area contributed by atoms with Crippen LogP contribution in [0, 0.1) is 0 Å². The number of aromatic hydroxyl groups is 1. The van der Waals surface area contributed by atoms with E-state index in [4.69, 9.17) is 4.42 Å². The first-order valence-corrected chi connectivity index (χ1v) is 4.71. The highest BCUT2D eigenvalue weighted by molar-refractivity contribution is 5.88. The topological polar surface area (TPSA) is 36.6 Å². The molecule has 2 heterocycles. The minimum absolute atomic E-state index is 0.302. The molecule has 2 aromatic rings. The zero-order chi connectivity index (χ0) is 9.71. The molecule has 0 unspecified atom stereocenters. The lowest BCUT2D eigenvalue weighted by Gasteiger charge is -2.06. The van der Waals surface area contributed by atoms with Gasteiger partial charge in [0.1, 0.15) is 11.3 Å². The van der Waals surface area contributed by atoms with Crippen LogP contribution in [0.15, 0.2) is 22.6 Å². The van der Waals surface area contributed by atoms with Crippen molar-refractivity contribution in [2.24, 2.45) is 0 Å². The number of hydrogen-bond donors (Lipinski definition) is 1. The second kappa shape index (κ2) is 2.44. The van der Waals surface area contributed by atoms with Crippen LogP contribution in [0.3, 0.4) is 0 Å². The molecule has 1 aliphatic rings. The van der Waals surface area contributed by atoms with Gasteiger partial charge in [-0.25, -0.2) is 0 Å². The lowest BCUT2D eigenvalue weighted by molar-refractivity contribution is 0.476. The molecule has 0 spiro atoms. The first kappa shape index (κ1) is 7.74. The highest BCUT2D eigenvalue weighted by Crippen LogP contribution is 2.37. The van der Waals surface area contributed by atoms with Gasteiger partial charge >= 0.3 is 0 Å². The van der Waals surface area contributed by atoms with Crippen LogP contribution in [0.4, 0.5) is 5.88 Å². The maximum atomic E-state index is 9.39. The number of fused-ring (bicyclic) bond motifs is 3. The largest absolute Gasteiger partial charge is 0.508 e. The van der Waals surface area contributed by atoms with Crippen molar-refractivity contribution in [1.29, 1.82) is 0 Å². The fraction of sp³-hybridized carbons (Fsp3) is 0.273. The number of likely N-dealkylation sites (N-methyl/N-ethyl adjacent to an activating group) is 1. The van der Waals surface area contributed by atoms with Gasteiger partial charge in [-0.15, -0.1) is 0 Å². The van der Waals surface area contributed by atoms with E-state index in [0.29, 0.717) is 5.75 Å². The minimum atomic E-state index is 0.302. The normalized spacial score (nSPS) is 15.1. The van der Waals surface area contributed by atoms with E-state index in [0.717, 1.165) is 29.8 Å². The summed E-state index contributed by atoms with van der Waals surface area (Å²) in [6.45, 7) is 1.000. The molecule has 0 saturated heterocycles. The molecule has 0 aliphatic carbocycles. The van der Waals surface area contributed by atoms with Crippen molar-refractivity contribution in [2.75, 3.05) is 18.5 Å². The molecule has 3 rings (SSSR count). The summed E-state index contributed by atoms with van der Waals surface area (Å²) in [7, 11) is 2.02. The SMILES string of the molecule is CN1CCc2c1oc1ccc(O)cc21. The molecular formula is C11H11NO2. The predicted molar refractivity (Wildman–Crippen MR) is 54.9 cm³/mol. The third-order valence-corrected chi connectivity index (χ3v) is 2.80. The number of anilines is 1. The van der Waals surface area contributed by atoms with Gasteiger partial charge in [-0.2, -0.15) is 0 Å². The Morgan fingerprint density at radius 1 is 1.43 bits per heavy atom. The third kappa shape index (κ3) is 0.867. The number of phenols is 1. The molecule has 1 aromatic carbocycles. The van der Waals surface area contributed by atoms with Gasteiger partial charge in [-0.1, -0.05) is 0 Å². The van der Waals surface area contributed by atoms with Crippen LogP contribution in [-0.4, -0.2) is 18.7 Å². The Balaban J connectivity index is 2.36. The third-order valence-electron chi connectivity index (χ3n) is 2.80. The second-order valence-electron chi connectivity index (χ2n) is 3.74. The quantitative estimate of drug-likeness (QED) is 0.689. The van der Waals surface area contributed by atoms with E-state index in [2.05, 4.69) is 4.90 Å². The summed E-state index contributed by atoms with van der Waals surface area (Å²) in [5, 5.41) is 10.4. The monoisotopic (exact) mass is 189 g/mol. The van der Waals surface area contributed by atoms with Gasteiger partial charge in [0.2, 0.25) is 0 Å². The van der Waals surface area contributed by atoms with Crippen molar-refractivity contribution in [2.45, 2.75) is 6.42 Å².